The summed E-state index contributed by atoms with van der Waals surface area (Å²) >= 11 is 1.29. The summed E-state index contributed by atoms with van der Waals surface area (Å²) in [5.74, 6) is -1.98. The summed E-state index contributed by atoms with van der Waals surface area (Å²) in [5.41, 5.74) is 2.38. The quantitative estimate of drug-likeness (QED) is 0.840. The number of rotatable bonds is 1. The molecule has 84 valence electrons. The van der Waals surface area contributed by atoms with Crippen LogP contribution < -0.4 is 5.32 Å². The third kappa shape index (κ3) is 2.13. The molecule has 3 nitrogen and oxygen atoms in total. The Morgan fingerprint density at radius 2 is 2.12 bits per heavy atom. The zero-order valence-electron chi connectivity index (χ0n) is 7.71. The monoisotopic (exact) mass is 246 g/mol. The van der Waals surface area contributed by atoms with Gasteiger partial charge in [0.1, 0.15) is 0 Å². The van der Waals surface area contributed by atoms with Crippen molar-refractivity contribution in [2.45, 2.75) is 6.18 Å². The van der Waals surface area contributed by atoms with Crippen LogP contribution in [0.15, 0.2) is 23.7 Å². The molecule has 0 unspecified atom stereocenters. The van der Waals surface area contributed by atoms with Crippen molar-refractivity contribution in [3.63, 3.8) is 0 Å². The molecule has 0 atom stereocenters. The summed E-state index contributed by atoms with van der Waals surface area (Å²) in [4.78, 5) is 14.6. The molecule has 0 aliphatic rings. The minimum atomic E-state index is -4.87. The fraction of sp³-hybridized carbons (Fsp3) is 0.111. The van der Waals surface area contributed by atoms with Crippen LogP contribution in [0.3, 0.4) is 0 Å². The average Bonchev–Trinajstić information content (AvgIpc) is 2.63. The highest BCUT2D eigenvalue weighted by molar-refractivity contribution is 7.16. The molecule has 1 N–H and O–H groups in total. The van der Waals surface area contributed by atoms with E-state index in [1.54, 1.807) is 16.9 Å². The number of carbonyl (C=O) groups excluding carboxylic acids is 1. The van der Waals surface area contributed by atoms with Crippen LogP contribution in [0.1, 0.15) is 0 Å². The Morgan fingerprint density at radius 1 is 1.38 bits per heavy atom. The number of alkyl halides is 3. The molecular weight excluding hydrogens is 241 g/mol. The Kier molecular flexibility index (Phi) is 2.55. The lowest BCUT2D eigenvalue weighted by molar-refractivity contribution is -0.167. The van der Waals surface area contributed by atoms with Crippen molar-refractivity contribution in [3.05, 3.63) is 23.7 Å². The molecule has 0 spiro atoms. The first kappa shape index (κ1) is 10.9. The number of benzene rings is 1. The Hall–Kier alpha value is -1.63. The Morgan fingerprint density at radius 3 is 2.81 bits per heavy atom. The number of hydrogen-bond acceptors (Lipinski definition) is 3. The largest absolute Gasteiger partial charge is 0.471 e. The van der Waals surface area contributed by atoms with Crippen LogP contribution in [0.2, 0.25) is 0 Å². The topological polar surface area (TPSA) is 42.0 Å². The minimum absolute atomic E-state index is 0.110. The molecule has 0 saturated heterocycles. The lowest BCUT2D eigenvalue weighted by Crippen LogP contribution is -2.29. The van der Waals surface area contributed by atoms with Gasteiger partial charge in [0.15, 0.2) is 0 Å². The van der Waals surface area contributed by atoms with Gasteiger partial charge in [0.25, 0.3) is 0 Å². The maximum absolute atomic E-state index is 12.0. The van der Waals surface area contributed by atoms with Crippen LogP contribution in [0, 0.1) is 0 Å². The highest BCUT2D eigenvalue weighted by Gasteiger charge is 2.38. The summed E-state index contributed by atoms with van der Waals surface area (Å²) in [7, 11) is 0. The molecule has 16 heavy (non-hydrogen) atoms. The predicted octanol–water partition coefficient (Wildman–Crippen LogP) is 2.80. The maximum Gasteiger partial charge on any atom is 0.471 e. The molecule has 7 heteroatoms. The van der Waals surface area contributed by atoms with Crippen LogP contribution in [0.25, 0.3) is 10.2 Å². The third-order valence-electron chi connectivity index (χ3n) is 1.85. The Bertz CT molecular complexity index is 535. The van der Waals surface area contributed by atoms with Gasteiger partial charge in [-0.05, 0) is 18.2 Å². The number of hydrogen-bond donors (Lipinski definition) is 1. The number of carbonyl (C=O) groups is 1. The van der Waals surface area contributed by atoms with E-state index < -0.39 is 12.1 Å². The maximum atomic E-state index is 12.0. The van der Waals surface area contributed by atoms with Gasteiger partial charge in [-0.3, -0.25) is 4.79 Å². The number of nitrogens with one attached hydrogen (secondary N) is 1. The number of thiazole rings is 1. The number of halogens is 3. The zero-order valence-corrected chi connectivity index (χ0v) is 8.52. The van der Waals surface area contributed by atoms with E-state index in [1.165, 1.54) is 23.5 Å². The number of aromatic nitrogens is 1. The molecule has 1 aromatic heterocycles. The van der Waals surface area contributed by atoms with Gasteiger partial charge in [0.2, 0.25) is 0 Å². The minimum Gasteiger partial charge on any atom is -0.318 e. The predicted molar refractivity (Wildman–Crippen MR) is 54.3 cm³/mol. The normalized spacial score (nSPS) is 11.7. The molecule has 0 bridgehead atoms. The fourth-order valence-corrected chi connectivity index (χ4v) is 1.85. The fourth-order valence-electron chi connectivity index (χ4n) is 1.13. The number of nitrogens with zero attached hydrogens (tertiary/aromatic N) is 1. The highest BCUT2D eigenvalue weighted by Crippen LogP contribution is 2.23. The van der Waals surface area contributed by atoms with Gasteiger partial charge in [0.05, 0.1) is 15.7 Å². The van der Waals surface area contributed by atoms with Crippen molar-refractivity contribution < 1.29 is 18.0 Å². The van der Waals surface area contributed by atoms with Gasteiger partial charge < -0.3 is 5.32 Å². The Balaban J connectivity index is 2.24. The van der Waals surface area contributed by atoms with Gasteiger partial charge in [-0.1, -0.05) is 0 Å². The van der Waals surface area contributed by atoms with Crippen molar-refractivity contribution in [2.75, 3.05) is 5.32 Å². The molecule has 2 rings (SSSR count). The third-order valence-corrected chi connectivity index (χ3v) is 2.64. The van der Waals surface area contributed by atoms with E-state index in [9.17, 15) is 18.0 Å². The van der Waals surface area contributed by atoms with Gasteiger partial charge in [-0.25, -0.2) is 4.98 Å². The number of anilines is 1. The highest BCUT2D eigenvalue weighted by atomic mass is 32.1. The van der Waals surface area contributed by atoms with Crippen molar-refractivity contribution in [1.29, 1.82) is 0 Å². The molecule has 0 saturated carbocycles. The summed E-state index contributed by atoms with van der Waals surface area (Å²) in [6.45, 7) is 0. The summed E-state index contributed by atoms with van der Waals surface area (Å²) in [6.07, 6.45) is -4.87. The van der Waals surface area contributed by atoms with Crippen molar-refractivity contribution in [2.24, 2.45) is 0 Å². The van der Waals surface area contributed by atoms with E-state index in [1.807, 2.05) is 0 Å². The average molecular weight is 246 g/mol. The van der Waals surface area contributed by atoms with Crippen molar-refractivity contribution in [1.82, 2.24) is 4.98 Å². The van der Waals surface area contributed by atoms with Crippen LogP contribution in [-0.2, 0) is 4.79 Å². The molecule has 1 aromatic carbocycles. The molecule has 2 aromatic rings. The smallest absolute Gasteiger partial charge is 0.318 e. The van der Waals surface area contributed by atoms with Gasteiger partial charge in [-0.2, -0.15) is 13.2 Å². The molecule has 0 aliphatic heterocycles. The van der Waals surface area contributed by atoms with Crippen LogP contribution in [0.5, 0.6) is 0 Å². The SMILES string of the molecule is O=C(Nc1ccc2ncsc2c1)C(F)(F)F. The standard InChI is InChI=1S/C9H5F3N2OS/c10-9(11,12)8(15)14-5-1-2-6-7(3-5)16-4-13-6/h1-4H,(H,14,15). The van der Waals surface area contributed by atoms with E-state index in [2.05, 4.69) is 4.98 Å². The van der Waals surface area contributed by atoms with Crippen molar-refractivity contribution >= 4 is 33.1 Å². The molecular formula is C9H5F3N2OS. The lowest BCUT2D eigenvalue weighted by atomic mass is 10.3. The summed E-state index contributed by atoms with van der Waals surface area (Å²) in [6, 6.07) is 4.39. The van der Waals surface area contributed by atoms with Gasteiger partial charge in [-0.15, -0.1) is 11.3 Å². The van der Waals surface area contributed by atoms with Crippen LogP contribution >= 0.6 is 11.3 Å². The first-order valence-electron chi connectivity index (χ1n) is 4.18. The molecule has 1 amide bonds. The van der Waals surface area contributed by atoms with E-state index in [-0.39, 0.29) is 5.69 Å². The van der Waals surface area contributed by atoms with Gasteiger partial charge >= 0.3 is 12.1 Å². The van der Waals surface area contributed by atoms with E-state index >= 15 is 0 Å². The molecule has 1 heterocycles. The second kappa shape index (κ2) is 3.75. The second-order valence-electron chi connectivity index (χ2n) is 2.99. The first-order valence-corrected chi connectivity index (χ1v) is 5.06. The number of amides is 1. The number of fused-ring (bicyclic) bond motifs is 1. The van der Waals surface area contributed by atoms with Crippen LogP contribution in [-0.4, -0.2) is 17.1 Å². The second-order valence-corrected chi connectivity index (χ2v) is 3.87. The molecule has 0 fully saturated rings. The van der Waals surface area contributed by atoms with E-state index in [4.69, 9.17) is 0 Å². The molecule has 0 aliphatic carbocycles. The lowest BCUT2D eigenvalue weighted by Gasteiger charge is -2.07. The van der Waals surface area contributed by atoms with Crippen molar-refractivity contribution in [3.8, 4) is 0 Å². The summed E-state index contributed by atoms with van der Waals surface area (Å²) in [5, 5.41) is 1.78. The van der Waals surface area contributed by atoms with Crippen LogP contribution in [0.4, 0.5) is 18.9 Å². The van der Waals surface area contributed by atoms with Gasteiger partial charge in [0, 0.05) is 5.69 Å². The van der Waals surface area contributed by atoms with E-state index in [0.29, 0.717) is 5.52 Å². The Labute approximate surface area is 91.9 Å². The first-order chi connectivity index (χ1) is 7.47. The summed E-state index contributed by atoms with van der Waals surface area (Å²) < 4.78 is 36.6. The van der Waals surface area contributed by atoms with E-state index in [0.717, 1.165) is 4.70 Å². The zero-order chi connectivity index (χ0) is 11.8. The molecule has 0 radical (unpaired) electrons.